The molecule has 0 amide bonds. The summed E-state index contributed by atoms with van der Waals surface area (Å²) in [7, 11) is -4.93. The maximum atomic E-state index is 14.5. The summed E-state index contributed by atoms with van der Waals surface area (Å²) >= 11 is 5.93. The molecule has 0 saturated carbocycles. The highest BCUT2D eigenvalue weighted by molar-refractivity contribution is 7.88. The van der Waals surface area contributed by atoms with Gasteiger partial charge in [-0.15, -0.1) is 0 Å². The Morgan fingerprint density at radius 2 is 1.60 bits per heavy atom. The number of aromatic nitrogens is 4. The van der Waals surface area contributed by atoms with E-state index in [4.69, 9.17) is 21.1 Å². The maximum absolute atomic E-state index is 14.5. The molecule has 0 radical (unpaired) electrons. The minimum absolute atomic E-state index is 0.0395. The molecule has 230 valence electrons. The largest absolute Gasteiger partial charge is 0.534 e. The van der Waals surface area contributed by atoms with Crippen molar-refractivity contribution in [2.24, 2.45) is 0 Å². The molecule has 20 heteroatoms. The third-order valence-electron chi connectivity index (χ3n) is 5.36. The highest BCUT2D eigenvalue weighted by atomic mass is 35.5. The average Bonchev–Trinajstić information content (AvgIpc) is 2.82. The molecule has 0 unspecified atom stereocenters. The highest BCUT2D eigenvalue weighted by Gasteiger charge is 2.62. The number of alkyl halides is 8. The monoisotopic (exact) mass is 652 g/mol. The topological polar surface area (TPSA) is 122 Å². The first kappa shape index (κ1) is 32.8. The van der Waals surface area contributed by atoms with Gasteiger partial charge < -0.3 is 13.7 Å². The molecular weight excluding hydrogens is 636 g/mol. The van der Waals surface area contributed by atoms with Gasteiger partial charge in [-0.2, -0.15) is 48.5 Å². The van der Waals surface area contributed by atoms with Gasteiger partial charge in [0.15, 0.2) is 5.69 Å². The number of halogens is 9. The molecule has 0 aliphatic heterocycles. The van der Waals surface area contributed by atoms with Gasteiger partial charge >= 0.3 is 27.7 Å². The quantitative estimate of drug-likeness (QED) is 0.180. The zero-order valence-electron chi connectivity index (χ0n) is 21.5. The van der Waals surface area contributed by atoms with E-state index in [-0.39, 0.29) is 23.0 Å². The van der Waals surface area contributed by atoms with Crippen LogP contribution in [-0.4, -0.2) is 46.7 Å². The van der Waals surface area contributed by atoms with Crippen LogP contribution < -0.4 is 19.2 Å². The van der Waals surface area contributed by atoms with E-state index in [0.717, 1.165) is 6.92 Å². The molecule has 0 N–H and O–H groups in total. The molecule has 2 aromatic heterocycles. The predicted octanol–water partition coefficient (Wildman–Crippen LogP) is 5.34. The van der Waals surface area contributed by atoms with Crippen LogP contribution in [0, 0.1) is 20.8 Å². The van der Waals surface area contributed by atoms with Gasteiger partial charge in [0.05, 0.1) is 30.6 Å². The zero-order valence-corrected chi connectivity index (χ0v) is 23.1. The number of hydrogen-bond acceptors (Lipinski definition) is 9. The van der Waals surface area contributed by atoms with Crippen LogP contribution in [0.5, 0.6) is 23.1 Å². The Bertz CT molecular complexity index is 1670. The van der Waals surface area contributed by atoms with Gasteiger partial charge in [-0.25, -0.2) is 9.97 Å². The van der Waals surface area contributed by atoms with Gasteiger partial charge in [-0.05, 0) is 32.4 Å². The van der Waals surface area contributed by atoms with Gasteiger partial charge in [0.1, 0.15) is 17.3 Å². The van der Waals surface area contributed by atoms with Gasteiger partial charge in [-0.3, -0.25) is 9.36 Å². The van der Waals surface area contributed by atoms with Crippen molar-refractivity contribution in [1.29, 1.82) is 0 Å². The molecule has 0 aliphatic rings. The summed E-state index contributed by atoms with van der Waals surface area (Å²) in [6.45, 7) is 3.47. The van der Waals surface area contributed by atoms with E-state index in [1.165, 1.54) is 21.0 Å². The van der Waals surface area contributed by atoms with Crippen LogP contribution in [0.25, 0.3) is 0 Å². The highest BCUT2D eigenvalue weighted by Crippen LogP contribution is 2.47. The summed E-state index contributed by atoms with van der Waals surface area (Å²) in [4.78, 5) is 24.5. The van der Waals surface area contributed by atoms with Crippen molar-refractivity contribution in [2.75, 3.05) is 7.11 Å². The molecule has 0 bridgehead atoms. The van der Waals surface area contributed by atoms with Crippen molar-refractivity contribution in [3.8, 4) is 23.1 Å². The number of benzene rings is 1. The minimum Gasteiger partial charge on any atom is -0.481 e. The lowest BCUT2D eigenvalue weighted by Crippen LogP contribution is -2.37. The molecule has 0 saturated heterocycles. The first-order chi connectivity index (χ1) is 19.1. The van der Waals surface area contributed by atoms with Gasteiger partial charge in [0.2, 0.25) is 11.6 Å². The Morgan fingerprint density at radius 3 is 2.12 bits per heavy atom. The molecule has 3 rings (SSSR count). The van der Waals surface area contributed by atoms with Crippen molar-refractivity contribution < 1.29 is 57.2 Å². The Labute approximate surface area is 236 Å². The number of rotatable bonds is 8. The summed E-state index contributed by atoms with van der Waals surface area (Å²) in [6, 6.07) is 1.04. The summed E-state index contributed by atoms with van der Waals surface area (Å²) in [5, 5.41) is -0.817. The second kappa shape index (κ2) is 11.2. The molecule has 42 heavy (non-hydrogen) atoms. The average molecular weight is 653 g/mol. The third-order valence-corrected chi connectivity index (χ3v) is 6.62. The van der Waals surface area contributed by atoms with E-state index in [2.05, 4.69) is 19.1 Å². The molecule has 0 fully saturated rings. The second-order valence-corrected chi connectivity index (χ2v) is 10.4. The standard InChI is InChI=1S/C22H17ClF8N4O6S/c1-9-5-12(41-42(37,38)22(29,30)31)6-14(23)15(9)40-16-17(20(24,25)21(26,27)28)32-8-35(19(16)36)7-13-10(2)33-11(3)34-18(13)39-4/h5-6,8H,7H2,1-4H3. The van der Waals surface area contributed by atoms with Crippen molar-refractivity contribution in [1.82, 2.24) is 19.5 Å². The number of hydrogen-bond donors (Lipinski definition) is 0. The van der Waals surface area contributed by atoms with E-state index in [0.29, 0.717) is 23.0 Å². The van der Waals surface area contributed by atoms with E-state index in [1.54, 1.807) is 0 Å². The van der Waals surface area contributed by atoms with E-state index in [1.807, 2.05) is 0 Å². The van der Waals surface area contributed by atoms with E-state index in [9.17, 15) is 48.3 Å². The van der Waals surface area contributed by atoms with Crippen LogP contribution in [0.2, 0.25) is 5.02 Å². The molecule has 0 spiro atoms. The molecule has 2 heterocycles. The van der Waals surface area contributed by atoms with Crippen molar-refractivity contribution in [2.45, 2.75) is 44.9 Å². The fraction of sp³-hybridized carbons (Fsp3) is 0.364. The maximum Gasteiger partial charge on any atom is 0.534 e. The molecule has 0 atom stereocenters. The molecule has 3 aromatic rings. The molecule has 0 aliphatic carbocycles. The molecule has 10 nitrogen and oxygen atoms in total. The van der Waals surface area contributed by atoms with Gasteiger partial charge in [0, 0.05) is 11.8 Å². The number of nitrogens with zero attached hydrogens (tertiary/aromatic N) is 4. The number of ether oxygens (including phenoxy) is 2. The Balaban J connectivity index is 2.19. The first-order valence-corrected chi connectivity index (χ1v) is 12.8. The Morgan fingerprint density at radius 1 is 0.976 bits per heavy atom. The lowest BCUT2D eigenvalue weighted by atomic mass is 10.1. The summed E-state index contributed by atoms with van der Waals surface area (Å²) in [5.74, 6) is -8.95. The zero-order chi connectivity index (χ0) is 32.0. The second-order valence-electron chi connectivity index (χ2n) is 8.41. The van der Waals surface area contributed by atoms with Crippen LogP contribution in [0.15, 0.2) is 23.3 Å². The van der Waals surface area contributed by atoms with Crippen molar-refractivity contribution in [3.63, 3.8) is 0 Å². The lowest BCUT2D eigenvalue weighted by Gasteiger charge is -2.22. The van der Waals surface area contributed by atoms with Crippen LogP contribution in [0.1, 0.15) is 28.3 Å². The summed E-state index contributed by atoms with van der Waals surface area (Å²) < 4.78 is 144. The van der Waals surface area contributed by atoms with Crippen LogP contribution in [-0.2, 0) is 22.6 Å². The first-order valence-electron chi connectivity index (χ1n) is 11.0. The molecular formula is C22H17ClF8N4O6S. The lowest BCUT2D eigenvalue weighted by molar-refractivity contribution is -0.291. The van der Waals surface area contributed by atoms with Crippen molar-refractivity contribution in [3.05, 3.63) is 62.2 Å². The number of aryl methyl sites for hydroxylation is 3. The Hall–Kier alpha value is -3.74. The SMILES string of the molecule is COc1nc(C)nc(C)c1Cn1cnc(C(F)(F)C(F)(F)F)c(Oc2c(C)cc(OS(=O)(=O)C(F)(F)F)cc2Cl)c1=O. The third kappa shape index (κ3) is 6.35. The normalized spacial score (nSPS) is 12.8. The minimum atomic E-state index is -6.25. The predicted molar refractivity (Wildman–Crippen MR) is 127 cm³/mol. The fourth-order valence-corrected chi connectivity index (χ4v) is 4.15. The van der Waals surface area contributed by atoms with Gasteiger partial charge in [-0.1, -0.05) is 11.6 Å². The van der Waals surface area contributed by atoms with Crippen molar-refractivity contribution >= 4 is 21.7 Å². The molecule has 1 aromatic carbocycles. The Kier molecular flexibility index (Phi) is 8.71. The van der Waals surface area contributed by atoms with Gasteiger partial charge in [0.25, 0.3) is 5.56 Å². The fourth-order valence-electron chi connectivity index (χ4n) is 3.41. The smallest absolute Gasteiger partial charge is 0.481 e. The van der Waals surface area contributed by atoms with Crippen LogP contribution in [0.4, 0.5) is 35.1 Å². The van der Waals surface area contributed by atoms with E-state index < -0.39 is 73.4 Å². The number of methoxy groups -OCH3 is 1. The summed E-state index contributed by atoms with van der Waals surface area (Å²) in [5.41, 5.74) is -9.57. The summed E-state index contributed by atoms with van der Waals surface area (Å²) in [6.07, 6.45) is -5.85. The van der Waals surface area contributed by atoms with Crippen LogP contribution in [0.3, 0.4) is 0 Å². The van der Waals surface area contributed by atoms with E-state index >= 15 is 0 Å². The van der Waals surface area contributed by atoms with Crippen LogP contribution >= 0.6 is 11.6 Å².